The number of aromatic nitrogens is 1. The van der Waals surface area contributed by atoms with Crippen LogP contribution in [0.5, 0.6) is 17.2 Å². The van der Waals surface area contributed by atoms with Gasteiger partial charge in [-0.1, -0.05) is 34.8 Å². The highest BCUT2D eigenvalue weighted by Crippen LogP contribution is 2.38. The van der Waals surface area contributed by atoms with E-state index in [4.69, 9.17) is 54.1 Å². The van der Waals surface area contributed by atoms with Crippen molar-refractivity contribution in [2.75, 3.05) is 26.8 Å². The predicted molar refractivity (Wildman–Crippen MR) is 104 cm³/mol. The molecule has 2 aromatic rings. The van der Waals surface area contributed by atoms with E-state index in [0.29, 0.717) is 22.8 Å². The predicted octanol–water partition coefficient (Wildman–Crippen LogP) is 4.21. The molecule has 2 rings (SSSR count). The number of hydrogen-bond acceptors (Lipinski definition) is 7. The molecule has 0 amide bonds. The van der Waals surface area contributed by atoms with E-state index in [9.17, 15) is 4.79 Å². The Kier molecular flexibility index (Phi) is 6.95. The maximum atomic E-state index is 11.2. The number of anilines is 1. The molecular formula is C16H14Cl3N3O5. The molecule has 8 nitrogen and oxygen atoms in total. The molecule has 1 aromatic carbocycles. The van der Waals surface area contributed by atoms with Crippen LogP contribution in [0.25, 0.3) is 0 Å². The van der Waals surface area contributed by atoms with E-state index < -0.39 is 11.7 Å². The van der Waals surface area contributed by atoms with Crippen LogP contribution in [0.15, 0.2) is 17.2 Å². The number of halogens is 3. The number of aromatic carboxylic acids is 1. The molecule has 27 heavy (non-hydrogen) atoms. The Morgan fingerprint density at radius 1 is 1.11 bits per heavy atom. The van der Waals surface area contributed by atoms with Gasteiger partial charge in [0.05, 0.1) is 33.2 Å². The Labute approximate surface area is 169 Å². The number of rotatable bonds is 7. The minimum absolute atomic E-state index is 0.0134. The van der Waals surface area contributed by atoms with Gasteiger partial charge in [0, 0.05) is 5.56 Å². The Morgan fingerprint density at radius 3 is 2.19 bits per heavy atom. The Hall–Kier alpha value is -2.42. The highest BCUT2D eigenvalue weighted by Gasteiger charge is 2.20. The van der Waals surface area contributed by atoms with Crippen LogP contribution >= 0.6 is 34.8 Å². The average molecular weight is 435 g/mol. The number of carbonyl (C=O) groups is 1. The van der Waals surface area contributed by atoms with Gasteiger partial charge in [-0.05, 0) is 12.1 Å². The Bertz CT molecular complexity index is 880. The van der Waals surface area contributed by atoms with Crippen molar-refractivity contribution in [2.45, 2.75) is 0 Å². The van der Waals surface area contributed by atoms with Gasteiger partial charge in [0.25, 0.3) is 0 Å². The monoisotopic (exact) mass is 433 g/mol. The van der Waals surface area contributed by atoms with Crippen molar-refractivity contribution in [3.05, 3.63) is 38.6 Å². The van der Waals surface area contributed by atoms with Gasteiger partial charge >= 0.3 is 5.97 Å². The van der Waals surface area contributed by atoms with Gasteiger partial charge in [0.1, 0.15) is 10.0 Å². The van der Waals surface area contributed by atoms with E-state index >= 15 is 0 Å². The lowest BCUT2D eigenvalue weighted by atomic mass is 10.2. The third-order valence-electron chi connectivity index (χ3n) is 3.32. The molecule has 144 valence electrons. The van der Waals surface area contributed by atoms with E-state index in [0.717, 1.165) is 0 Å². The van der Waals surface area contributed by atoms with Crippen molar-refractivity contribution >= 4 is 52.7 Å². The topological polar surface area (TPSA) is 102 Å². The summed E-state index contributed by atoms with van der Waals surface area (Å²) in [6, 6.07) is 3.33. The number of methoxy groups -OCH3 is 3. The minimum Gasteiger partial charge on any atom is -0.493 e. The summed E-state index contributed by atoms with van der Waals surface area (Å²) in [4.78, 5) is 14.8. The summed E-state index contributed by atoms with van der Waals surface area (Å²) in [5.74, 6) is -0.0394. The number of nitrogens with one attached hydrogen (secondary N) is 1. The smallest absolute Gasteiger partial charge is 0.356 e. The number of hydrazone groups is 1. The van der Waals surface area contributed by atoms with Gasteiger partial charge in [-0.2, -0.15) is 5.10 Å². The number of ether oxygens (including phenoxy) is 3. The van der Waals surface area contributed by atoms with Gasteiger partial charge in [-0.15, -0.1) is 0 Å². The van der Waals surface area contributed by atoms with Crippen LogP contribution in [0.2, 0.25) is 15.2 Å². The number of hydrogen-bond donors (Lipinski definition) is 2. The normalized spacial score (nSPS) is 10.7. The molecule has 0 aliphatic carbocycles. The van der Waals surface area contributed by atoms with E-state index in [2.05, 4.69) is 15.5 Å². The molecule has 11 heteroatoms. The number of nitrogens with zero attached hydrogens (tertiary/aromatic N) is 2. The van der Waals surface area contributed by atoms with E-state index in [1.165, 1.54) is 27.5 Å². The number of pyridine rings is 1. The molecular weight excluding hydrogens is 421 g/mol. The first-order valence-electron chi connectivity index (χ1n) is 7.20. The summed E-state index contributed by atoms with van der Waals surface area (Å²) in [5, 5.41) is 12.6. The number of benzene rings is 1. The van der Waals surface area contributed by atoms with Crippen LogP contribution in [0.1, 0.15) is 16.1 Å². The summed E-state index contributed by atoms with van der Waals surface area (Å²) in [6.07, 6.45) is 1.42. The highest BCUT2D eigenvalue weighted by atomic mass is 35.5. The lowest BCUT2D eigenvalue weighted by Crippen LogP contribution is -2.05. The molecule has 0 fully saturated rings. The lowest BCUT2D eigenvalue weighted by Gasteiger charge is -2.13. The highest BCUT2D eigenvalue weighted by molar-refractivity contribution is 6.46. The average Bonchev–Trinajstić information content (AvgIpc) is 2.66. The van der Waals surface area contributed by atoms with Gasteiger partial charge in [0.15, 0.2) is 22.3 Å². The second kappa shape index (κ2) is 8.98. The first-order chi connectivity index (χ1) is 12.8. The molecule has 0 saturated carbocycles. The summed E-state index contributed by atoms with van der Waals surface area (Å²) in [5.41, 5.74) is 2.74. The SMILES string of the molecule is COc1cc(/C=N\Nc2c(Cl)c(Cl)nc(C(=O)O)c2Cl)cc(OC)c1OC. The third kappa shape index (κ3) is 4.47. The molecule has 2 N–H and O–H groups in total. The van der Waals surface area contributed by atoms with Crippen molar-refractivity contribution < 1.29 is 24.1 Å². The molecule has 0 spiro atoms. The third-order valence-corrected chi connectivity index (χ3v) is 4.42. The van der Waals surface area contributed by atoms with Crippen LogP contribution in [-0.2, 0) is 0 Å². The van der Waals surface area contributed by atoms with Crippen LogP contribution in [-0.4, -0.2) is 43.6 Å². The zero-order valence-corrected chi connectivity index (χ0v) is 16.6. The summed E-state index contributed by atoms with van der Waals surface area (Å²) >= 11 is 17.9. The van der Waals surface area contributed by atoms with Crippen molar-refractivity contribution in [1.82, 2.24) is 4.98 Å². The number of carboxylic acid groups (broad SMARTS) is 1. The standard InChI is InChI=1S/C16H14Cl3N3O5/c1-25-8-4-7(5-9(26-2)14(8)27-3)6-20-22-12-10(17)13(16(23)24)21-15(19)11(12)18/h4-6H,1-3H3,(H,21,22)(H,23,24)/b20-6-. The fourth-order valence-corrected chi connectivity index (χ4v) is 2.77. The van der Waals surface area contributed by atoms with Crippen LogP contribution in [0.3, 0.4) is 0 Å². The van der Waals surface area contributed by atoms with Crippen LogP contribution in [0.4, 0.5) is 5.69 Å². The fraction of sp³-hybridized carbons (Fsp3) is 0.188. The quantitative estimate of drug-likeness (QED) is 0.382. The summed E-state index contributed by atoms with van der Waals surface area (Å²) in [6.45, 7) is 0. The number of carboxylic acids is 1. The zero-order valence-electron chi connectivity index (χ0n) is 14.3. The molecule has 0 radical (unpaired) electrons. The molecule has 0 saturated heterocycles. The van der Waals surface area contributed by atoms with Crippen molar-refractivity contribution in [2.24, 2.45) is 5.10 Å². The van der Waals surface area contributed by atoms with Crippen LogP contribution in [0, 0.1) is 0 Å². The largest absolute Gasteiger partial charge is 0.493 e. The molecule has 0 aliphatic rings. The summed E-state index contributed by atoms with van der Waals surface area (Å²) < 4.78 is 15.8. The molecule has 0 unspecified atom stereocenters. The molecule has 1 aromatic heterocycles. The first-order valence-corrected chi connectivity index (χ1v) is 8.34. The van der Waals surface area contributed by atoms with E-state index in [1.54, 1.807) is 12.1 Å². The maximum Gasteiger partial charge on any atom is 0.356 e. The van der Waals surface area contributed by atoms with Gasteiger partial charge in [-0.25, -0.2) is 9.78 Å². The van der Waals surface area contributed by atoms with Gasteiger partial charge < -0.3 is 19.3 Å². The van der Waals surface area contributed by atoms with E-state index in [-0.39, 0.29) is 20.9 Å². The molecule has 0 bridgehead atoms. The van der Waals surface area contributed by atoms with Crippen LogP contribution < -0.4 is 19.6 Å². The van der Waals surface area contributed by atoms with Gasteiger partial charge in [-0.3, -0.25) is 5.43 Å². The minimum atomic E-state index is -1.35. The first kappa shape index (κ1) is 20.9. The summed E-state index contributed by atoms with van der Waals surface area (Å²) in [7, 11) is 4.47. The lowest BCUT2D eigenvalue weighted by molar-refractivity contribution is 0.0691. The Balaban J connectivity index is 2.37. The second-order valence-corrected chi connectivity index (χ2v) is 6.00. The van der Waals surface area contributed by atoms with Crippen molar-refractivity contribution in [3.63, 3.8) is 0 Å². The van der Waals surface area contributed by atoms with Crippen molar-refractivity contribution in [3.8, 4) is 17.2 Å². The van der Waals surface area contributed by atoms with Gasteiger partial charge in [0.2, 0.25) is 5.75 Å². The molecule has 0 aliphatic heterocycles. The van der Waals surface area contributed by atoms with Crippen molar-refractivity contribution in [1.29, 1.82) is 0 Å². The fourth-order valence-electron chi connectivity index (χ4n) is 2.10. The zero-order chi connectivity index (χ0) is 20.1. The molecule has 1 heterocycles. The van der Waals surface area contributed by atoms with E-state index in [1.807, 2.05) is 0 Å². The maximum absolute atomic E-state index is 11.2. The second-order valence-electron chi connectivity index (χ2n) is 4.89. The molecule has 0 atom stereocenters. The Morgan fingerprint density at radius 2 is 1.70 bits per heavy atom.